The van der Waals surface area contributed by atoms with Crippen LogP contribution in [0.2, 0.25) is 0 Å². The highest BCUT2D eigenvalue weighted by Crippen LogP contribution is 2.26. The highest BCUT2D eigenvalue weighted by atomic mass is 16.5. The van der Waals surface area contributed by atoms with E-state index in [9.17, 15) is 0 Å². The molecule has 0 radical (unpaired) electrons. The normalized spacial score (nSPS) is 15.5. The van der Waals surface area contributed by atoms with Crippen molar-refractivity contribution >= 4 is 0 Å². The SMILES string of the molecule is CC[C@H](N)c1ccccc1OCc1nnc2n1CCCC2. The molecule has 0 fully saturated rings. The van der Waals surface area contributed by atoms with Gasteiger partial charge in [-0.3, -0.25) is 0 Å². The van der Waals surface area contributed by atoms with Gasteiger partial charge in [0.1, 0.15) is 18.2 Å². The molecule has 1 aromatic carbocycles. The number of ether oxygens (including phenoxy) is 1. The zero-order valence-corrected chi connectivity index (χ0v) is 12.5. The van der Waals surface area contributed by atoms with Gasteiger partial charge in [0.15, 0.2) is 5.82 Å². The second-order valence-corrected chi connectivity index (χ2v) is 5.48. The van der Waals surface area contributed by atoms with Crippen LogP contribution in [0.1, 0.15) is 49.4 Å². The van der Waals surface area contributed by atoms with Crippen molar-refractivity contribution < 1.29 is 4.74 Å². The van der Waals surface area contributed by atoms with Crippen molar-refractivity contribution in [2.24, 2.45) is 5.73 Å². The molecule has 0 spiro atoms. The lowest BCUT2D eigenvalue weighted by molar-refractivity contribution is 0.281. The molecule has 0 amide bonds. The summed E-state index contributed by atoms with van der Waals surface area (Å²) in [5, 5.41) is 8.52. The molecule has 5 heteroatoms. The fourth-order valence-corrected chi connectivity index (χ4v) is 2.76. The lowest BCUT2D eigenvalue weighted by Gasteiger charge is -2.17. The average molecular weight is 286 g/mol. The molecule has 21 heavy (non-hydrogen) atoms. The molecule has 112 valence electrons. The Labute approximate surface area is 125 Å². The van der Waals surface area contributed by atoms with Crippen molar-refractivity contribution in [3.05, 3.63) is 41.5 Å². The molecule has 5 nitrogen and oxygen atoms in total. The van der Waals surface area contributed by atoms with Gasteiger partial charge in [-0.1, -0.05) is 25.1 Å². The van der Waals surface area contributed by atoms with E-state index in [4.69, 9.17) is 10.5 Å². The molecule has 0 unspecified atom stereocenters. The molecule has 1 aliphatic rings. The molecular weight excluding hydrogens is 264 g/mol. The van der Waals surface area contributed by atoms with E-state index in [-0.39, 0.29) is 6.04 Å². The fourth-order valence-electron chi connectivity index (χ4n) is 2.76. The molecule has 2 N–H and O–H groups in total. The van der Waals surface area contributed by atoms with Crippen molar-refractivity contribution in [1.29, 1.82) is 0 Å². The molecule has 1 aliphatic heterocycles. The van der Waals surface area contributed by atoms with Gasteiger partial charge in [-0.05, 0) is 25.3 Å². The van der Waals surface area contributed by atoms with E-state index in [0.717, 1.165) is 42.3 Å². The summed E-state index contributed by atoms with van der Waals surface area (Å²) in [4.78, 5) is 0. The molecule has 1 aromatic heterocycles. The quantitative estimate of drug-likeness (QED) is 0.917. The largest absolute Gasteiger partial charge is 0.485 e. The minimum atomic E-state index is 0.00788. The first-order valence-electron chi connectivity index (χ1n) is 7.68. The first-order chi connectivity index (χ1) is 10.3. The maximum absolute atomic E-state index is 6.14. The lowest BCUT2D eigenvalue weighted by atomic mass is 10.0. The molecule has 2 heterocycles. The van der Waals surface area contributed by atoms with E-state index in [1.807, 2.05) is 24.3 Å². The molecule has 0 saturated carbocycles. The molecule has 0 bridgehead atoms. The second kappa shape index (κ2) is 6.26. The van der Waals surface area contributed by atoms with Crippen LogP contribution >= 0.6 is 0 Å². The molecule has 3 rings (SSSR count). The third kappa shape index (κ3) is 2.93. The minimum absolute atomic E-state index is 0.00788. The van der Waals surface area contributed by atoms with Gasteiger partial charge < -0.3 is 15.0 Å². The number of aromatic nitrogens is 3. The Morgan fingerprint density at radius 2 is 2.14 bits per heavy atom. The van der Waals surface area contributed by atoms with Crippen LogP contribution in [0, 0.1) is 0 Å². The predicted molar refractivity (Wildman–Crippen MR) is 81.0 cm³/mol. The molecular formula is C16H22N4O. The van der Waals surface area contributed by atoms with Crippen LogP contribution < -0.4 is 10.5 Å². The number of nitrogens with zero attached hydrogens (tertiary/aromatic N) is 3. The first kappa shape index (κ1) is 14.1. The van der Waals surface area contributed by atoms with Crippen molar-refractivity contribution in [3.8, 4) is 5.75 Å². The molecule has 0 saturated heterocycles. The maximum atomic E-state index is 6.14. The summed E-state index contributed by atoms with van der Waals surface area (Å²) in [5.74, 6) is 2.84. The Bertz CT molecular complexity index is 608. The van der Waals surface area contributed by atoms with Crippen LogP contribution in [-0.2, 0) is 19.6 Å². The number of aryl methyl sites for hydroxylation is 1. The first-order valence-corrected chi connectivity index (χ1v) is 7.68. The lowest BCUT2D eigenvalue weighted by Crippen LogP contribution is -2.15. The predicted octanol–water partition coefficient (Wildman–Crippen LogP) is 2.60. The van der Waals surface area contributed by atoms with Gasteiger partial charge in [0, 0.05) is 24.6 Å². The van der Waals surface area contributed by atoms with E-state index >= 15 is 0 Å². The third-order valence-corrected chi connectivity index (χ3v) is 4.05. The maximum Gasteiger partial charge on any atom is 0.171 e. The number of hydrogen-bond acceptors (Lipinski definition) is 4. The monoisotopic (exact) mass is 286 g/mol. The van der Waals surface area contributed by atoms with Gasteiger partial charge in [-0.25, -0.2) is 0 Å². The van der Waals surface area contributed by atoms with E-state index in [1.54, 1.807) is 0 Å². The van der Waals surface area contributed by atoms with E-state index in [2.05, 4.69) is 21.7 Å². The highest BCUT2D eigenvalue weighted by Gasteiger charge is 2.17. The van der Waals surface area contributed by atoms with Crippen molar-refractivity contribution in [2.45, 2.75) is 51.8 Å². The summed E-state index contributed by atoms with van der Waals surface area (Å²) >= 11 is 0. The third-order valence-electron chi connectivity index (χ3n) is 4.05. The van der Waals surface area contributed by atoms with Gasteiger partial charge in [-0.2, -0.15) is 0 Å². The van der Waals surface area contributed by atoms with Crippen molar-refractivity contribution in [1.82, 2.24) is 14.8 Å². The van der Waals surface area contributed by atoms with Crippen LogP contribution in [0.3, 0.4) is 0 Å². The minimum Gasteiger partial charge on any atom is -0.485 e. The van der Waals surface area contributed by atoms with Gasteiger partial charge in [-0.15, -0.1) is 10.2 Å². The summed E-state index contributed by atoms with van der Waals surface area (Å²) in [6, 6.07) is 7.98. The Morgan fingerprint density at radius 3 is 3.00 bits per heavy atom. The molecule has 2 aromatic rings. The Morgan fingerprint density at radius 1 is 1.29 bits per heavy atom. The molecule has 1 atom stereocenters. The van der Waals surface area contributed by atoms with E-state index in [1.165, 1.54) is 12.8 Å². The van der Waals surface area contributed by atoms with Gasteiger partial charge >= 0.3 is 0 Å². The Hall–Kier alpha value is -1.88. The number of fused-ring (bicyclic) bond motifs is 1. The summed E-state index contributed by atoms with van der Waals surface area (Å²) in [5.41, 5.74) is 7.20. The van der Waals surface area contributed by atoms with Crippen molar-refractivity contribution in [3.63, 3.8) is 0 Å². The highest BCUT2D eigenvalue weighted by molar-refractivity contribution is 5.35. The second-order valence-electron chi connectivity index (χ2n) is 5.48. The average Bonchev–Trinajstić information content (AvgIpc) is 2.96. The molecule has 0 aliphatic carbocycles. The Balaban J connectivity index is 1.75. The zero-order chi connectivity index (χ0) is 14.7. The van der Waals surface area contributed by atoms with Crippen LogP contribution in [0.5, 0.6) is 5.75 Å². The zero-order valence-electron chi connectivity index (χ0n) is 12.5. The number of para-hydroxylation sites is 1. The summed E-state index contributed by atoms with van der Waals surface area (Å²) in [6.45, 7) is 3.52. The summed E-state index contributed by atoms with van der Waals surface area (Å²) < 4.78 is 8.15. The van der Waals surface area contributed by atoms with Crippen LogP contribution in [0.4, 0.5) is 0 Å². The van der Waals surface area contributed by atoms with Gasteiger partial charge in [0.2, 0.25) is 0 Å². The Kier molecular flexibility index (Phi) is 4.20. The number of rotatable bonds is 5. The number of benzene rings is 1. The van der Waals surface area contributed by atoms with E-state index in [0.29, 0.717) is 6.61 Å². The summed E-state index contributed by atoms with van der Waals surface area (Å²) in [7, 11) is 0. The smallest absolute Gasteiger partial charge is 0.171 e. The van der Waals surface area contributed by atoms with Gasteiger partial charge in [0.05, 0.1) is 0 Å². The van der Waals surface area contributed by atoms with Crippen LogP contribution in [0.25, 0.3) is 0 Å². The number of nitrogens with two attached hydrogens (primary N) is 1. The van der Waals surface area contributed by atoms with Gasteiger partial charge in [0.25, 0.3) is 0 Å². The van der Waals surface area contributed by atoms with Crippen molar-refractivity contribution in [2.75, 3.05) is 0 Å². The van der Waals surface area contributed by atoms with E-state index < -0.39 is 0 Å². The van der Waals surface area contributed by atoms with Crippen LogP contribution in [-0.4, -0.2) is 14.8 Å². The standard InChI is InChI=1S/C16H22N4O/c1-2-13(17)12-7-3-4-8-14(12)21-11-16-19-18-15-9-5-6-10-20(15)16/h3-4,7-8,13H,2,5-6,9-11,17H2,1H3/t13-/m0/s1. The summed E-state index contributed by atoms with van der Waals surface area (Å²) in [6.07, 6.45) is 4.30. The van der Waals surface area contributed by atoms with Crippen LogP contribution in [0.15, 0.2) is 24.3 Å². The topological polar surface area (TPSA) is 66.0 Å². The number of hydrogen-bond donors (Lipinski definition) is 1. The fraction of sp³-hybridized carbons (Fsp3) is 0.500.